The van der Waals surface area contributed by atoms with Crippen molar-refractivity contribution in [1.29, 1.82) is 0 Å². The topological polar surface area (TPSA) is 93.8 Å². The van der Waals surface area contributed by atoms with E-state index in [0.29, 0.717) is 34.5 Å². The van der Waals surface area contributed by atoms with Gasteiger partial charge in [0.2, 0.25) is 5.91 Å². The number of aromatic nitrogens is 4. The third kappa shape index (κ3) is 5.57. The second-order valence-electron chi connectivity index (χ2n) is 9.08. The zero-order valence-electron chi connectivity index (χ0n) is 19.4. The number of anilines is 1. The Morgan fingerprint density at radius 3 is 2.77 bits per heavy atom. The summed E-state index contributed by atoms with van der Waals surface area (Å²) in [6.45, 7) is 0.536. The van der Waals surface area contributed by atoms with Crippen LogP contribution in [0.15, 0.2) is 48.9 Å². The molecule has 0 saturated heterocycles. The standard InChI is InChI=1S/C25H27ClN6O2S/c1-31-14-19(13-27-31)29-24(33)21(10-16-4-2-3-5-16)30-25(34)23-9-8-20(35-23)15-32-22-11-18(26)7-6-17(22)12-28-32/h6-9,11-14,16,21H,2-5,10,15H2,1H3,(H,29,33)(H,30,34)/t21-/m0/s1. The van der Waals surface area contributed by atoms with Crippen molar-refractivity contribution in [1.82, 2.24) is 24.9 Å². The van der Waals surface area contributed by atoms with E-state index >= 15 is 0 Å². The first-order chi connectivity index (χ1) is 16.9. The number of hydrogen-bond donors (Lipinski definition) is 2. The van der Waals surface area contributed by atoms with Gasteiger partial charge in [0.1, 0.15) is 6.04 Å². The molecular formula is C25H27ClN6O2S. The second kappa shape index (κ2) is 10.2. The maximum absolute atomic E-state index is 13.1. The molecule has 4 aromatic rings. The molecule has 2 amide bonds. The number of benzene rings is 1. The SMILES string of the molecule is Cn1cc(NC(=O)[C@H](CC2CCCC2)NC(=O)c2ccc(Cn3ncc4ccc(Cl)cc43)s2)cn1. The summed E-state index contributed by atoms with van der Waals surface area (Å²) in [6, 6.07) is 8.80. The van der Waals surface area contributed by atoms with E-state index in [0.717, 1.165) is 28.6 Å². The van der Waals surface area contributed by atoms with Crippen LogP contribution in [0.2, 0.25) is 5.02 Å². The molecule has 35 heavy (non-hydrogen) atoms. The van der Waals surface area contributed by atoms with Gasteiger partial charge in [-0.15, -0.1) is 11.3 Å². The summed E-state index contributed by atoms with van der Waals surface area (Å²) < 4.78 is 3.50. The predicted octanol–water partition coefficient (Wildman–Crippen LogP) is 4.85. The molecule has 3 heterocycles. The fraction of sp³-hybridized carbons (Fsp3) is 0.360. The summed E-state index contributed by atoms with van der Waals surface area (Å²) in [4.78, 5) is 27.8. The van der Waals surface area contributed by atoms with Crippen molar-refractivity contribution in [3.8, 4) is 0 Å². The van der Waals surface area contributed by atoms with E-state index in [2.05, 4.69) is 20.8 Å². The summed E-state index contributed by atoms with van der Waals surface area (Å²) in [5.74, 6) is -0.00682. The number of carbonyl (C=O) groups excluding carboxylic acids is 2. The number of hydrogen-bond acceptors (Lipinski definition) is 5. The summed E-state index contributed by atoms with van der Waals surface area (Å²) in [7, 11) is 1.79. The zero-order valence-corrected chi connectivity index (χ0v) is 21.0. The lowest BCUT2D eigenvalue weighted by Gasteiger charge is -2.21. The van der Waals surface area contributed by atoms with Gasteiger partial charge in [0.25, 0.3) is 5.91 Å². The molecule has 0 unspecified atom stereocenters. The van der Waals surface area contributed by atoms with Crippen LogP contribution in [0.4, 0.5) is 5.69 Å². The van der Waals surface area contributed by atoms with E-state index in [1.54, 1.807) is 36.4 Å². The van der Waals surface area contributed by atoms with Crippen LogP contribution in [0.25, 0.3) is 10.9 Å². The van der Waals surface area contributed by atoms with E-state index < -0.39 is 6.04 Å². The molecule has 10 heteroatoms. The van der Waals surface area contributed by atoms with Crippen molar-refractivity contribution in [2.45, 2.75) is 44.7 Å². The van der Waals surface area contributed by atoms with Crippen molar-refractivity contribution in [3.63, 3.8) is 0 Å². The Labute approximate surface area is 212 Å². The van der Waals surface area contributed by atoms with Gasteiger partial charge in [-0.25, -0.2) is 0 Å². The molecule has 1 saturated carbocycles. The fourth-order valence-electron chi connectivity index (χ4n) is 4.66. The molecule has 0 aliphatic heterocycles. The maximum Gasteiger partial charge on any atom is 0.262 e. The summed E-state index contributed by atoms with van der Waals surface area (Å²) >= 11 is 7.56. The molecule has 8 nitrogen and oxygen atoms in total. The average molecular weight is 511 g/mol. The molecule has 5 rings (SSSR count). The van der Waals surface area contributed by atoms with Gasteiger partial charge in [-0.3, -0.25) is 19.0 Å². The van der Waals surface area contributed by atoms with Gasteiger partial charge in [-0.1, -0.05) is 37.3 Å². The van der Waals surface area contributed by atoms with Crippen molar-refractivity contribution in [2.75, 3.05) is 5.32 Å². The maximum atomic E-state index is 13.1. The molecule has 1 aliphatic carbocycles. The quantitative estimate of drug-likeness (QED) is 0.354. The molecule has 3 aromatic heterocycles. The number of nitrogens with zero attached hydrogens (tertiary/aromatic N) is 4. The molecule has 1 fully saturated rings. The Kier molecular flexibility index (Phi) is 6.88. The predicted molar refractivity (Wildman–Crippen MR) is 138 cm³/mol. The molecular weight excluding hydrogens is 484 g/mol. The molecule has 0 bridgehead atoms. The molecule has 0 spiro atoms. The first kappa shape index (κ1) is 23.6. The highest BCUT2D eigenvalue weighted by Crippen LogP contribution is 2.29. The van der Waals surface area contributed by atoms with Gasteiger partial charge >= 0.3 is 0 Å². The van der Waals surface area contributed by atoms with Crippen LogP contribution in [0.1, 0.15) is 46.7 Å². The lowest BCUT2D eigenvalue weighted by Crippen LogP contribution is -2.44. The van der Waals surface area contributed by atoms with Crippen LogP contribution in [0, 0.1) is 5.92 Å². The Hall–Kier alpha value is -3.17. The minimum absolute atomic E-state index is 0.213. The monoisotopic (exact) mass is 510 g/mol. The van der Waals surface area contributed by atoms with E-state index in [-0.39, 0.29) is 11.8 Å². The smallest absolute Gasteiger partial charge is 0.262 e. The highest BCUT2D eigenvalue weighted by Gasteiger charge is 2.27. The van der Waals surface area contributed by atoms with Crippen molar-refractivity contribution in [2.24, 2.45) is 13.0 Å². The number of amides is 2. The van der Waals surface area contributed by atoms with Crippen LogP contribution in [-0.4, -0.2) is 37.4 Å². The lowest BCUT2D eigenvalue weighted by molar-refractivity contribution is -0.118. The first-order valence-electron chi connectivity index (χ1n) is 11.7. The van der Waals surface area contributed by atoms with E-state index in [4.69, 9.17) is 11.6 Å². The fourth-order valence-corrected chi connectivity index (χ4v) is 5.72. The number of aryl methyl sites for hydroxylation is 1. The number of rotatable bonds is 8. The third-order valence-corrected chi connectivity index (χ3v) is 7.74. The second-order valence-corrected chi connectivity index (χ2v) is 10.7. The van der Waals surface area contributed by atoms with E-state index in [1.165, 1.54) is 24.2 Å². The van der Waals surface area contributed by atoms with E-state index in [9.17, 15) is 9.59 Å². The van der Waals surface area contributed by atoms with Gasteiger partial charge < -0.3 is 10.6 Å². The lowest BCUT2D eigenvalue weighted by atomic mass is 9.97. The molecule has 1 aliphatic rings. The Bertz CT molecular complexity index is 1350. The molecule has 0 radical (unpaired) electrons. The van der Waals surface area contributed by atoms with Crippen molar-refractivity contribution in [3.05, 3.63) is 63.7 Å². The van der Waals surface area contributed by atoms with Gasteiger partial charge in [-0.05, 0) is 42.7 Å². The minimum Gasteiger partial charge on any atom is -0.340 e. The Morgan fingerprint density at radius 1 is 1.17 bits per heavy atom. The van der Waals surface area contributed by atoms with Gasteiger partial charge in [-0.2, -0.15) is 10.2 Å². The Balaban J connectivity index is 1.28. The summed E-state index contributed by atoms with van der Waals surface area (Å²) in [5, 5.41) is 16.1. The number of carbonyl (C=O) groups is 2. The highest BCUT2D eigenvalue weighted by atomic mass is 35.5. The van der Waals surface area contributed by atoms with Gasteiger partial charge in [0, 0.05) is 28.5 Å². The van der Waals surface area contributed by atoms with Gasteiger partial charge in [0.15, 0.2) is 0 Å². The van der Waals surface area contributed by atoms with E-state index in [1.807, 2.05) is 28.9 Å². The number of fused-ring (bicyclic) bond motifs is 1. The number of nitrogens with one attached hydrogen (secondary N) is 2. The number of thiophene rings is 1. The first-order valence-corrected chi connectivity index (χ1v) is 12.9. The largest absolute Gasteiger partial charge is 0.340 e. The average Bonchev–Trinajstić information content (AvgIpc) is 3.63. The highest BCUT2D eigenvalue weighted by molar-refractivity contribution is 7.14. The number of halogens is 1. The minimum atomic E-state index is -0.603. The van der Waals surface area contributed by atoms with Crippen LogP contribution in [-0.2, 0) is 18.4 Å². The summed E-state index contributed by atoms with van der Waals surface area (Å²) in [6.07, 6.45) is 10.3. The Morgan fingerprint density at radius 2 is 2.00 bits per heavy atom. The molecule has 182 valence electrons. The summed E-state index contributed by atoms with van der Waals surface area (Å²) in [5.41, 5.74) is 1.56. The van der Waals surface area contributed by atoms with Crippen molar-refractivity contribution >= 4 is 51.3 Å². The van der Waals surface area contributed by atoms with Crippen LogP contribution < -0.4 is 10.6 Å². The zero-order chi connectivity index (χ0) is 24.4. The molecule has 1 aromatic carbocycles. The molecule has 2 N–H and O–H groups in total. The third-order valence-electron chi connectivity index (χ3n) is 6.44. The van der Waals surface area contributed by atoms with Crippen molar-refractivity contribution < 1.29 is 9.59 Å². The van der Waals surface area contributed by atoms with Crippen LogP contribution >= 0.6 is 22.9 Å². The normalized spacial score (nSPS) is 14.9. The van der Waals surface area contributed by atoms with Gasteiger partial charge in [0.05, 0.1) is 35.0 Å². The molecule has 1 atom stereocenters. The van der Waals surface area contributed by atoms with Crippen LogP contribution in [0.5, 0.6) is 0 Å². The van der Waals surface area contributed by atoms with Crippen LogP contribution in [0.3, 0.4) is 0 Å².